The van der Waals surface area contributed by atoms with E-state index < -0.39 is 5.97 Å². The molecule has 2 aromatic heterocycles. The van der Waals surface area contributed by atoms with Gasteiger partial charge in [-0.25, -0.2) is 19.2 Å². The number of carbonyl (C=O) groups is 1. The summed E-state index contributed by atoms with van der Waals surface area (Å²) in [4.78, 5) is 20.8. The van der Waals surface area contributed by atoms with Crippen LogP contribution in [0.2, 0.25) is 0 Å². The van der Waals surface area contributed by atoms with Crippen LogP contribution in [0.25, 0.3) is 21.5 Å². The number of rotatable bonds is 3. The topological polar surface area (TPSA) is 52.1 Å². The highest BCUT2D eigenvalue weighted by Crippen LogP contribution is 2.33. The molecule has 1 aromatic carbocycles. The van der Waals surface area contributed by atoms with Gasteiger partial charge in [-0.1, -0.05) is 31.7 Å². The van der Waals surface area contributed by atoms with Crippen LogP contribution in [0, 0.1) is 12.7 Å². The van der Waals surface area contributed by atoms with Crippen molar-refractivity contribution in [1.82, 2.24) is 9.97 Å². The van der Waals surface area contributed by atoms with Crippen molar-refractivity contribution in [2.45, 2.75) is 25.1 Å². The molecular weight excluding hydrogens is 359 g/mol. The van der Waals surface area contributed by atoms with Gasteiger partial charge in [0.05, 0.1) is 11.8 Å². The first kappa shape index (κ1) is 19.3. The fourth-order valence-electron chi connectivity index (χ4n) is 2.22. The second kappa shape index (κ2) is 8.40. The maximum absolute atomic E-state index is 13.5. The molecule has 0 aliphatic rings. The summed E-state index contributed by atoms with van der Waals surface area (Å²) in [7, 11) is 1.31. The van der Waals surface area contributed by atoms with Crippen LogP contribution in [0.5, 0.6) is 0 Å². The van der Waals surface area contributed by atoms with Gasteiger partial charge in [-0.3, -0.25) is 0 Å². The van der Waals surface area contributed by atoms with Crippen LogP contribution >= 0.6 is 23.1 Å². The van der Waals surface area contributed by atoms with E-state index in [1.54, 1.807) is 19.1 Å². The number of esters is 1. The summed E-state index contributed by atoms with van der Waals surface area (Å²) in [5, 5.41) is 0. The van der Waals surface area contributed by atoms with Gasteiger partial charge in [0.2, 0.25) is 0 Å². The number of hydrogen-bond acceptors (Lipinski definition) is 6. The van der Waals surface area contributed by atoms with Gasteiger partial charge in [0.15, 0.2) is 15.7 Å². The van der Waals surface area contributed by atoms with E-state index in [-0.39, 0.29) is 11.5 Å². The van der Waals surface area contributed by atoms with Gasteiger partial charge in [0.25, 0.3) is 0 Å². The number of methoxy groups -OCH3 is 1. The normalized spacial score (nSPS) is 10.3. The lowest BCUT2D eigenvalue weighted by Crippen LogP contribution is -2.07. The number of thioether (sulfide) groups is 1. The van der Waals surface area contributed by atoms with Crippen molar-refractivity contribution in [2.24, 2.45) is 0 Å². The average Bonchev–Trinajstić information content (AvgIpc) is 3.06. The fraction of sp³-hybridized carbons (Fsp3) is 0.278. The van der Waals surface area contributed by atoms with Crippen molar-refractivity contribution in [1.29, 1.82) is 0 Å². The van der Waals surface area contributed by atoms with E-state index in [1.807, 2.05) is 26.2 Å². The zero-order valence-electron chi connectivity index (χ0n) is 14.7. The molecule has 0 aliphatic carbocycles. The Labute approximate surface area is 154 Å². The monoisotopic (exact) mass is 378 g/mol. The minimum atomic E-state index is -0.539. The Morgan fingerprint density at radius 3 is 2.56 bits per heavy atom. The Morgan fingerprint density at radius 2 is 1.96 bits per heavy atom. The molecule has 0 bridgehead atoms. The van der Waals surface area contributed by atoms with Crippen molar-refractivity contribution in [3.05, 3.63) is 41.3 Å². The van der Waals surface area contributed by atoms with E-state index in [0.717, 1.165) is 14.6 Å². The van der Waals surface area contributed by atoms with Gasteiger partial charge in [-0.15, -0.1) is 11.3 Å². The Hall–Kier alpha value is -1.99. The summed E-state index contributed by atoms with van der Waals surface area (Å²) >= 11 is 3.03. The molecule has 0 unspecified atom stereocenters. The third-order valence-electron chi connectivity index (χ3n) is 3.39. The molecule has 0 radical (unpaired) electrons. The van der Waals surface area contributed by atoms with Gasteiger partial charge in [-0.2, -0.15) is 0 Å². The van der Waals surface area contributed by atoms with Crippen molar-refractivity contribution in [3.63, 3.8) is 0 Å². The second-order valence-corrected chi connectivity index (χ2v) is 6.93. The zero-order chi connectivity index (χ0) is 18.6. The molecule has 2 heterocycles. The molecule has 3 rings (SSSR count). The van der Waals surface area contributed by atoms with Crippen molar-refractivity contribution >= 4 is 39.4 Å². The highest BCUT2D eigenvalue weighted by atomic mass is 32.2. The first-order valence-electron chi connectivity index (χ1n) is 7.74. The molecule has 0 atom stereocenters. The summed E-state index contributed by atoms with van der Waals surface area (Å²) in [5.74, 6) is -0.826. The SMILES string of the molecule is CC.COC(=O)c1nc2nc(SC)sc2cc1-c1ccc(F)c(C)c1. The van der Waals surface area contributed by atoms with Crippen LogP contribution in [-0.4, -0.2) is 29.3 Å². The number of fused-ring (bicyclic) bond motifs is 1. The predicted molar refractivity (Wildman–Crippen MR) is 102 cm³/mol. The number of ether oxygens (including phenoxy) is 1. The summed E-state index contributed by atoms with van der Waals surface area (Å²) < 4.78 is 20.1. The van der Waals surface area contributed by atoms with Crippen LogP contribution in [0.4, 0.5) is 4.39 Å². The smallest absolute Gasteiger partial charge is 0.357 e. The first-order chi connectivity index (χ1) is 12.0. The number of nitrogens with zero attached hydrogens (tertiary/aromatic N) is 2. The van der Waals surface area contributed by atoms with Crippen molar-refractivity contribution < 1.29 is 13.9 Å². The lowest BCUT2D eigenvalue weighted by atomic mass is 10.0. The van der Waals surface area contributed by atoms with Crippen LogP contribution < -0.4 is 0 Å². The quantitative estimate of drug-likeness (QED) is 0.455. The molecular formula is C18H19FN2O2S2. The van der Waals surface area contributed by atoms with Gasteiger partial charge < -0.3 is 4.74 Å². The third-order valence-corrected chi connectivity index (χ3v) is 5.36. The van der Waals surface area contributed by atoms with Gasteiger partial charge in [0, 0.05) is 5.56 Å². The molecule has 0 saturated carbocycles. The summed E-state index contributed by atoms with van der Waals surface area (Å²) in [6.45, 7) is 5.68. The number of carbonyl (C=O) groups excluding carboxylic acids is 1. The lowest BCUT2D eigenvalue weighted by Gasteiger charge is -2.08. The van der Waals surface area contributed by atoms with Crippen LogP contribution in [-0.2, 0) is 4.74 Å². The number of thiazole rings is 1. The van der Waals surface area contributed by atoms with Gasteiger partial charge in [0.1, 0.15) is 5.82 Å². The summed E-state index contributed by atoms with van der Waals surface area (Å²) in [6.07, 6.45) is 1.93. The summed E-state index contributed by atoms with van der Waals surface area (Å²) in [5.41, 5.74) is 2.54. The van der Waals surface area contributed by atoms with Crippen LogP contribution in [0.1, 0.15) is 29.9 Å². The number of hydrogen-bond donors (Lipinski definition) is 0. The largest absolute Gasteiger partial charge is 0.464 e. The third kappa shape index (κ3) is 3.99. The standard InChI is InChI=1S/C16H13FN2O2S2.C2H6/c1-8-6-9(4-5-11(8)17)10-7-12-14(19-16(22-3)23-12)18-13(10)15(20)21-2;1-2/h4-7H,1-3H3;1-2H3. The number of aryl methyl sites for hydroxylation is 1. The van der Waals surface area contributed by atoms with E-state index in [1.165, 1.54) is 36.3 Å². The van der Waals surface area contributed by atoms with E-state index >= 15 is 0 Å². The molecule has 0 aliphatic heterocycles. The average molecular weight is 378 g/mol. The molecule has 25 heavy (non-hydrogen) atoms. The van der Waals surface area contributed by atoms with E-state index in [2.05, 4.69) is 9.97 Å². The van der Waals surface area contributed by atoms with Crippen LogP contribution in [0.15, 0.2) is 28.6 Å². The molecule has 0 N–H and O–H groups in total. The van der Waals surface area contributed by atoms with E-state index in [4.69, 9.17) is 4.74 Å². The Kier molecular flexibility index (Phi) is 6.50. The Morgan fingerprint density at radius 1 is 1.24 bits per heavy atom. The molecule has 0 saturated heterocycles. The molecule has 0 spiro atoms. The van der Waals surface area contributed by atoms with Gasteiger partial charge >= 0.3 is 5.97 Å². The lowest BCUT2D eigenvalue weighted by molar-refractivity contribution is 0.0595. The molecule has 0 fully saturated rings. The Bertz CT molecular complexity index is 909. The molecule has 4 nitrogen and oxygen atoms in total. The number of pyridine rings is 1. The Balaban J connectivity index is 0.00000109. The van der Waals surface area contributed by atoms with Crippen molar-refractivity contribution in [3.8, 4) is 11.1 Å². The van der Waals surface area contributed by atoms with Crippen LogP contribution in [0.3, 0.4) is 0 Å². The minimum Gasteiger partial charge on any atom is -0.464 e. The summed E-state index contributed by atoms with van der Waals surface area (Å²) in [6, 6.07) is 6.57. The predicted octanol–water partition coefficient (Wildman–Crippen LogP) is 5.34. The van der Waals surface area contributed by atoms with Crippen molar-refractivity contribution in [2.75, 3.05) is 13.4 Å². The molecule has 132 valence electrons. The first-order valence-corrected chi connectivity index (χ1v) is 9.78. The molecule has 7 heteroatoms. The second-order valence-electron chi connectivity index (χ2n) is 4.85. The highest BCUT2D eigenvalue weighted by molar-refractivity contribution is 8.00. The van der Waals surface area contributed by atoms with E-state index in [9.17, 15) is 9.18 Å². The molecule has 0 amide bonds. The zero-order valence-corrected chi connectivity index (χ0v) is 16.3. The van der Waals surface area contributed by atoms with E-state index in [0.29, 0.717) is 16.8 Å². The fourth-order valence-corrected chi connectivity index (χ4v) is 3.68. The highest BCUT2D eigenvalue weighted by Gasteiger charge is 2.19. The molecule has 3 aromatic rings. The minimum absolute atomic E-state index is 0.184. The maximum Gasteiger partial charge on any atom is 0.357 e. The van der Waals surface area contributed by atoms with Gasteiger partial charge in [-0.05, 0) is 42.5 Å². The number of benzene rings is 1. The number of aromatic nitrogens is 2. The maximum atomic E-state index is 13.5. The number of halogens is 1.